The molecule has 0 saturated heterocycles. The molecule has 1 N–H and O–H groups in total. The molecule has 0 fully saturated rings. The van der Waals surface area contributed by atoms with E-state index in [0.29, 0.717) is 0 Å². The van der Waals surface area contributed by atoms with E-state index in [1.54, 1.807) is 6.92 Å². The van der Waals surface area contributed by atoms with E-state index in [0.717, 1.165) is 11.6 Å². The summed E-state index contributed by atoms with van der Waals surface area (Å²) in [6.07, 6.45) is 0.784. The van der Waals surface area contributed by atoms with E-state index >= 15 is 0 Å². The van der Waals surface area contributed by atoms with Crippen LogP contribution in [0, 0.1) is 5.82 Å². The van der Waals surface area contributed by atoms with Gasteiger partial charge < -0.3 is 9.84 Å². The van der Waals surface area contributed by atoms with Gasteiger partial charge in [-0.15, -0.1) is 0 Å². The molecule has 1 atom stereocenters. The van der Waals surface area contributed by atoms with Crippen molar-refractivity contribution in [2.24, 2.45) is 0 Å². The number of rotatable bonds is 4. The fraction of sp³-hybridized carbons (Fsp3) is 0.143. The molecule has 0 aliphatic carbocycles. The first kappa shape index (κ1) is 13.0. The van der Waals surface area contributed by atoms with E-state index in [1.807, 2.05) is 30.3 Å². The number of halogens is 1. The van der Waals surface area contributed by atoms with Gasteiger partial charge in [-0.25, -0.2) is 14.2 Å². The van der Waals surface area contributed by atoms with Gasteiger partial charge in [0.2, 0.25) is 0 Å². The molecule has 1 unspecified atom stereocenters. The number of benzene rings is 1. The molecule has 5 heteroatoms. The molecule has 2 aromatic rings. The van der Waals surface area contributed by atoms with Crippen LogP contribution in [0.4, 0.5) is 4.39 Å². The standard InChI is InChI=1S/C14H12FNO3/c1-9(10-5-3-2-4-6-10)19-13-12(15)11(14(17)18)7-8-16-13/h2-9H,1H3,(H,17,18). The molecule has 0 aliphatic heterocycles. The van der Waals surface area contributed by atoms with Crippen molar-refractivity contribution in [3.63, 3.8) is 0 Å². The fourth-order valence-electron chi connectivity index (χ4n) is 1.63. The summed E-state index contributed by atoms with van der Waals surface area (Å²) in [4.78, 5) is 14.5. The summed E-state index contributed by atoms with van der Waals surface area (Å²) >= 11 is 0. The highest BCUT2D eigenvalue weighted by molar-refractivity contribution is 5.88. The van der Waals surface area contributed by atoms with Gasteiger partial charge in [0.15, 0.2) is 5.82 Å². The van der Waals surface area contributed by atoms with Gasteiger partial charge in [-0.3, -0.25) is 0 Å². The number of carboxylic acids is 1. The second-order valence-corrected chi connectivity index (χ2v) is 3.95. The van der Waals surface area contributed by atoms with Crippen molar-refractivity contribution in [3.05, 3.63) is 59.5 Å². The van der Waals surface area contributed by atoms with E-state index in [9.17, 15) is 9.18 Å². The van der Waals surface area contributed by atoms with Gasteiger partial charge in [-0.05, 0) is 18.6 Å². The van der Waals surface area contributed by atoms with Crippen molar-refractivity contribution in [2.45, 2.75) is 13.0 Å². The number of nitrogens with zero attached hydrogens (tertiary/aromatic N) is 1. The summed E-state index contributed by atoms with van der Waals surface area (Å²) in [5, 5.41) is 8.82. The third-order valence-corrected chi connectivity index (χ3v) is 2.65. The lowest BCUT2D eigenvalue weighted by Crippen LogP contribution is -2.09. The zero-order valence-electron chi connectivity index (χ0n) is 10.2. The number of ether oxygens (including phenoxy) is 1. The average molecular weight is 261 g/mol. The zero-order chi connectivity index (χ0) is 13.8. The Kier molecular flexibility index (Phi) is 3.75. The maximum Gasteiger partial charge on any atom is 0.338 e. The quantitative estimate of drug-likeness (QED) is 0.918. The largest absolute Gasteiger partial charge is 0.478 e. The average Bonchev–Trinajstić information content (AvgIpc) is 2.41. The van der Waals surface area contributed by atoms with Crippen molar-refractivity contribution in [3.8, 4) is 5.88 Å². The van der Waals surface area contributed by atoms with Crippen molar-refractivity contribution in [1.29, 1.82) is 0 Å². The number of carboxylic acid groups (broad SMARTS) is 1. The Hall–Kier alpha value is -2.43. The number of aromatic nitrogens is 1. The molecule has 0 aliphatic rings. The Bertz CT molecular complexity index is 586. The smallest absolute Gasteiger partial charge is 0.338 e. The molecule has 2 rings (SSSR count). The third kappa shape index (κ3) is 2.88. The summed E-state index contributed by atoms with van der Waals surface area (Å²) in [5.41, 5.74) is 0.398. The predicted octanol–water partition coefficient (Wildman–Crippen LogP) is 3.06. The number of aromatic carboxylic acids is 1. The van der Waals surface area contributed by atoms with E-state index in [4.69, 9.17) is 9.84 Å². The number of hydrogen-bond acceptors (Lipinski definition) is 3. The highest BCUT2D eigenvalue weighted by atomic mass is 19.1. The molecule has 0 spiro atoms. The first-order valence-corrected chi connectivity index (χ1v) is 5.69. The van der Waals surface area contributed by atoms with Crippen molar-refractivity contribution in [1.82, 2.24) is 4.98 Å². The van der Waals surface area contributed by atoms with Crippen LogP contribution in [0.15, 0.2) is 42.6 Å². The molecular weight excluding hydrogens is 249 g/mol. The molecule has 1 heterocycles. The van der Waals surface area contributed by atoms with E-state index in [2.05, 4.69) is 4.98 Å². The topological polar surface area (TPSA) is 59.4 Å². The van der Waals surface area contributed by atoms with Crippen molar-refractivity contribution >= 4 is 5.97 Å². The molecule has 4 nitrogen and oxygen atoms in total. The van der Waals surface area contributed by atoms with Crippen molar-refractivity contribution < 1.29 is 19.0 Å². The van der Waals surface area contributed by atoms with Crippen LogP contribution in [0.5, 0.6) is 5.88 Å². The normalized spacial score (nSPS) is 11.9. The minimum Gasteiger partial charge on any atom is -0.478 e. The molecule has 0 radical (unpaired) electrons. The van der Waals surface area contributed by atoms with Gasteiger partial charge in [0, 0.05) is 6.20 Å². The second kappa shape index (κ2) is 5.48. The van der Waals surface area contributed by atoms with Crippen LogP contribution in [-0.2, 0) is 0 Å². The Morgan fingerprint density at radius 1 is 1.32 bits per heavy atom. The minimum absolute atomic E-state index is 0.309. The zero-order valence-corrected chi connectivity index (χ0v) is 10.2. The molecule has 0 bridgehead atoms. The van der Waals surface area contributed by atoms with Crippen LogP contribution in [0.1, 0.15) is 28.9 Å². The lowest BCUT2D eigenvalue weighted by molar-refractivity contribution is 0.0689. The van der Waals surface area contributed by atoms with Crippen LogP contribution >= 0.6 is 0 Å². The lowest BCUT2D eigenvalue weighted by Gasteiger charge is -2.14. The predicted molar refractivity (Wildman–Crippen MR) is 66.6 cm³/mol. The van der Waals surface area contributed by atoms with Gasteiger partial charge in [-0.1, -0.05) is 30.3 Å². The summed E-state index contributed by atoms with van der Waals surface area (Å²) in [6, 6.07) is 10.3. The summed E-state index contributed by atoms with van der Waals surface area (Å²) < 4.78 is 19.2. The van der Waals surface area contributed by atoms with Gasteiger partial charge in [-0.2, -0.15) is 0 Å². The van der Waals surface area contributed by atoms with Crippen LogP contribution < -0.4 is 4.74 Å². The molecule has 98 valence electrons. The number of hydrogen-bond donors (Lipinski definition) is 1. The molecule has 1 aromatic carbocycles. The molecule has 0 saturated carbocycles. The van der Waals surface area contributed by atoms with Gasteiger partial charge in [0.05, 0.1) is 0 Å². The molecule has 0 amide bonds. The van der Waals surface area contributed by atoms with Crippen LogP contribution in [0.25, 0.3) is 0 Å². The van der Waals surface area contributed by atoms with E-state index < -0.39 is 23.5 Å². The molecule has 19 heavy (non-hydrogen) atoms. The first-order chi connectivity index (χ1) is 9.09. The van der Waals surface area contributed by atoms with E-state index in [1.165, 1.54) is 6.20 Å². The highest BCUT2D eigenvalue weighted by Crippen LogP contribution is 2.23. The van der Waals surface area contributed by atoms with Crippen LogP contribution in [0.2, 0.25) is 0 Å². The number of pyridine rings is 1. The Morgan fingerprint density at radius 2 is 2.00 bits per heavy atom. The van der Waals surface area contributed by atoms with E-state index in [-0.39, 0.29) is 5.88 Å². The van der Waals surface area contributed by atoms with Crippen LogP contribution in [-0.4, -0.2) is 16.1 Å². The Labute approximate surface area is 109 Å². The van der Waals surface area contributed by atoms with Gasteiger partial charge >= 0.3 is 5.97 Å². The maximum atomic E-state index is 13.8. The number of carbonyl (C=O) groups is 1. The summed E-state index contributed by atoms with van der Waals surface area (Å²) in [5.74, 6) is -2.62. The lowest BCUT2D eigenvalue weighted by atomic mass is 10.1. The summed E-state index contributed by atoms with van der Waals surface area (Å²) in [7, 11) is 0. The minimum atomic E-state index is -1.35. The monoisotopic (exact) mass is 261 g/mol. The van der Waals surface area contributed by atoms with Gasteiger partial charge in [0.1, 0.15) is 11.7 Å². The fourth-order valence-corrected chi connectivity index (χ4v) is 1.63. The maximum absolute atomic E-state index is 13.8. The summed E-state index contributed by atoms with van der Waals surface area (Å²) in [6.45, 7) is 1.74. The SMILES string of the molecule is CC(Oc1nccc(C(=O)O)c1F)c1ccccc1. The Balaban J connectivity index is 2.25. The van der Waals surface area contributed by atoms with Crippen LogP contribution in [0.3, 0.4) is 0 Å². The molecular formula is C14H12FNO3. The highest BCUT2D eigenvalue weighted by Gasteiger charge is 2.18. The Morgan fingerprint density at radius 3 is 2.63 bits per heavy atom. The molecule has 1 aromatic heterocycles. The van der Waals surface area contributed by atoms with Gasteiger partial charge in [0.25, 0.3) is 5.88 Å². The second-order valence-electron chi connectivity index (χ2n) is 3.95. The first-order valence-electron chi connectivity index (χ1n) is 5.69. The third-order valence-electron chi connectivity index (χ3n) is 2.65. The van der Waals surface area contributed by atoms with Crippen molar-refractivity contribution in [2.75, 3.05) is 0 Å².